The Morgan fingerprint density at radius 2 is 1.33 bits per heavy atom. The van der Waals surface area contributed by atoms with Gasteiger partial charge in [0.1, 0.15) is 6.04 Å². The van der Waals surface area contributed by atoms with Crippen LogP contribution in [0.25, 0.3) is 0 Å². The number of hydrogen-bond donors (Lipinski definition) is 1. The minimum absolute atomic E-state index is 0.104. The van der Waals surface area contributed by atoms with Crippen LogP contribution in [0.2, 0.25) is 0 Å². The summed E-state index contributed by atoms with van der Waals surface area (Å²) >= 11 is 0. The molecule has 2 aromatic carbocycles. The van der Waals surface area contributed by atoms with Crippen molar-refractivity contribution in [3.05, 3.63) is 102 Å². The zero-order valence-electron chi connectivity index (χ0n) is 15.3. The minimum atomic E-state index is 0.104. The number of nitrogens with zero attached hydrogens (tertiary/aromatic N) is 2. The molecule has 0 spiro atoms. The molecule has 0 unspecified atom stereocenters. The Labute approximate surface area is 160 Å². The molecule has 4 rings (SSSR count). The van der Waals surface area contributed by atoms with Crippen LogP contribution in [0.5, 0.6) is 0 Å². The van der Waals surface area contributed by atoms with Crippen LogP contribution in [0.3, 0.4) is 0 Å². The summed E-state index contributed by atoms with van der Waals surface area (Å²) in [5.74, 6) is 0.104. The van der Waals surface area contributed by atoms with Crippen LogP contribution in [-0.4, -0.2) is 42.0 Å². The van der Waals surface area contributed by atoms with Gasteiger partial charge in [-0.25, -0.2) is 0 Å². The Bertz CT molecular complexity index is 820. The van der Waals surface area contributed by atoms with Crippen LogP contribution in [0, 0.1) is 0 Å². The molecule has 2 heterocycles. The largest absolute Gasteiger partial charge is 0.327 e. The monoisotopic (exact) mass is 358 g/mol. The molecule has 4 nitrogen and oxygen atoms in total. The number of pyridine rings is 1. The second-order valence-corrected chi connectivity index (χ2v) is 6.94. The molecule has 0 saturated carbocycles. The van der Waals surface area contributed by atoms with Crippen LogP contribution >= 0.6 is 0 Å². The predicted molar refractivity (Wildman–Crippen MR) is 106 cm³/mol. The van der Waals surface area contributed by atoms with Gasteiger partial charge in [-0.15, -0.1) is 0 Å². The highest BCUT2D eigenvalue weighted by atomic mass is 16.2. The normalized spacial score (nSPS) is 15.1. The van der Waals surface area contributed by atoms with Gasteiger partial charge in [0, 0.05) is 29.1 Å². The lowest BCUT2D eigenvalue weighted by atomic mass is 9.96. The number of carbonyl (C=O) groups is 1. The molecule has 3 aromatic rings. The topological polar surface area (TPSA) is 37.6 Å². The number of aromatic nitrogens is 1. The fourth-order valence-corrected chi connectivity index (χ4v) is 3.92. The van der Waals surface area contributed by atoms with E-state index in [1.807, 2.05) is 4.90 Å². The summed E-state index contributed by atoms with van der Waals surface area (Å²) in [5, 5.41) is 0. The zero-order valence-corrected chi connectivity index (χ0v) is 15.3. The minimum Gasteiger partial charge on any atom is -0.327 e. The first-order chi connectivity index (χ1) is 13.3. The summed E-state index contributed by atoms with van der Waals surface area (Å²) in [5.41, 5.74) is 3.37. The smallest absolute Gasteiger partial charge is 0.254 e. The van der Waals surface area contributed by atoms with Crippen LogP contribution in [0.1, 0.15) is 27.5 Å². The Balaban J connectivity index is 1.51. The third-order valence-corrected chi connectivity index (χ3v) is 5.29. The molecule has 0 aliphatic carbocycles. The summed E-state index contributed by atoms with van der Waals surface area (Å²) in [6.45, 7) is 3.41. The van der Waals surface area contributed by atoms with E-state index >= 15 is 0 Å². The molecule has 136 valence electrons. The summed E-state index contributed by atoms with van der Waals surface area (Å²) < 4.78 is 0. The van der Waals surface area contributed by atoms with Crippen molar-refractivity contribution in [3.63, 3.8) is 0 Å². The van der Waals surface area contributed by atoms with E-state index in [1.165, 1.54) is 16.0 Å². The van der Waals surface area contributed by atoms with Crippen molar-refractivity contribution >= 4 is 5.91 Å². The highest BCUT2D eigenvalue weighted by molar-refractivity contribution is 5.94. The SMILES string of the molecule is O=C(c1ccncc1)N1CC[NH+](C(c2ccccc2)c2ccccc2)CC1. The molecule has 1 fully saturated rings. The molecule has 1 aliphatic heterocycles. The van der Waals surface area contributed by atoms with Crippen molar-refractivity contribution in [2.75, 3.05) is 26.2 Å². The lowest BCUT2D eigenvalue weighted by molar-refractivity contribution is -0.929. The highest BCUT2D eigenvalue weighted by Gasteiger charge is 2.31. The second-order valence-electron chi connectivity index (χ2n) is 6.94. The molecule has 4 heteroatoms. The predicted octanol–water partition coefficient (Wildman–Crippen LogP) is 2.21. The molecule has 0 atom stereocenters. The summed E-state index contributed by atoms with van der Waals surface area (Å²) in [7, 11) is 0. The summed E-state index contributed by atoms with van der Waals surface area (Å²) in [4.78, 5) is 20.2. The number of rotatable bonds is 4. The van der Waals surface area contributed by atoms with E-state index in [4.69, 9.17) is 0 Å². The van der Waals surface area contributed by atoms with E-state index in [0.29, 0.717) is 6.04 Å². The van der Waals surface area contributed by atoms with E-state index in [2.05, 4.69) is 65.6 Å². The zero-order chi connectivity index (χ0) is 18.5. The Kier molecular flexibility index (Phi) is 5.26. The first kappa shape index (κ1) is 17.4. The number of benzene rings is 2. The van der Waals surface area contributed by atoms with Gasteiger partial charge >= 0.3 is 0 Å². The van der Waals surface area contributed by atoms with Gasteiger partial charge in [-0.1, -0.05) is 60.7 Å². The van der Waals surface area contributed by atoms with Crippen molar-refractivity contribution in [2.45, 2.75) is 6.04 Å². The molecule has 1 saturated heterocycles. The number of amides is 1. The number of hydrogen-bond acceptors (Lipinski definition) is 2. The van der Waals surface area contributed by atoms with Crippen molar-refractivity contribution in [1.29, 1.82) is 0 Å². The third kappa shape index (κ3) is 3.91. The summed E-state index contributed by atoms with van der Waals surface area (Å²) in [6.07, 6.45) is 3.35. The lowest BCUT2D eigenvalue weighted by Crippen LogP contribution is -3.15. The number of carbonyl (C=O) groups excluding carboxylic acids is 1. The van der Waals surface area contributed by atoms with Gasteiger partial charge in [-0.2, -0.15) is 0 Å². The molecule has 1 N–H and O–H groups in total. The number of quaternary nitrogens is 1. The first-order valence-corrected chi connectivity index (χ1v) is 9.47. The number of piperazine rings is 1. The number of nitrogens with one attached hydrogen (secondary N) is 1. The molecular weight excluding hydrogens is 334 g/mol. The van der Waals surface area contributed by atoms with E-state index in [-0.39, 0.29) is 5.91 Å². The standard InChI is InChI=1S/C23H23N3O/c27-23(21-11-13-24-14-12-21)26-17-15-25(16-18-26)22(19-7-3-1-4-8-19)20-9-5-2-6-10-20/h1-14,22H,15-18H2/p+1. The summed E-state index contributed by atoms with van der Waals surface area (Å²) in [6, 6.07) is 25.3. The molecule has 27 heavy (non-hydrogen) atoms. The molecule has 1 aliphatic rings. The molecular formula is C23H24N3O+. The average Bonchev–Trinajstić information content (AvgIpc) is 2.76. The molecule has 0 radical (unpaired) electrons. The Morgan fingerprint density at radius 1 is 0.815 bits per heavy atom. The quantitative estimate of drug-likeness (QED) is 0.777. The van der Waals surface area contributed by atoms with Gasteiger partial charge in [0.25, 0.3) is 5.91 Å². The van der Waals surface area contributed by atoms with Gasteiger partial charge in [0.15, 0.2) is 0 Å². The van der Waals surface area contributed by atoms with Crippen molar-refractivity contribution in [1.82, 2.24) is 9.88 Å². The fraction of sp³-hybridized carbons (Fsp3) is 0.217. The van der Waals surface area contributed by atoms with Crippen LogP contribution in [0.15, 0.2) is 85.2 Å². The third-order valence-electron chi connectivity index (χ3n) is 5.29. The first-order valence-electron chi connectivity index (χ1n) is 9.47. The molecule has 1 aromatic heterocycles. The van der Waals surface area contributed by atoms with Crippen molar-refractivity contribution in [2.24, 2.45) is 0 Å². The van der Waals surface area contributed by atoms with E-state index in [0.717, 1.165) is 31.7 Å². The van der Waals surface area contributed by atoms with Gasteiger partial charge < -0.3 is 9.80 Å². The highest BCUT2D eigenvalue weighted by Crippen LogP contribution is 2.19. The second kappa shape index (κ2) is 8.14. The van der Waals surface area contributed by atoms with E-state index in [9.17, 15) is 4.79 Å². The Hall–Kier alpha value is -2.98. The van der Waals surface area contributed by atoms with Crippen LogP contribution in [-0.2, 0) is 0 Å². The van der Waals surface area contributed by atoms with Gasteiger partial charge in [-0.3, -0.25) is 9.78 Å². The molecule has 1 amide bonds. The lowest BCUT2D eigenvalue weighted by Gasteiger charge is -2.37. The Morgan fingerprint density at radius 3 is 1.85 bits per heavy atom. The van der Waals surface area contributed by atoms with E-state index in [1.54, 1.807) is 24.5 Å². The molecule has 0 bridgehead atoms. The van der Waals surface area contributed by atoms with Gasteiger partial charge in [0.05, 0.1) is 26.2 Å². The maximum atomic E-state index is 12.7. The van der Waals surface area contributed by atoms with Gasteiger partial charge in [-0.05, 0) is 12.1 Å². The fourth-order valence-electron chi connectivity index (χ4n) is 3.92. The maximum absolute atomic E-state index is 12.7. The maximum Gasteiger partial charge on any atom is 0.254 e. The van der Waals surface area contributed by atoms with Gasteiger partial charge in [0.2, 0.25) is 0 Å². The van der Waals surface area contributed by atoms with Crippen LogP contribution < -0.4 is 4.90 Å². The van der Waals surface area contributed by atoms with E-state index < -0.39 is 0 Å². The van der Waals surface area contributed by atoms with Crippen molar-refractivity contribution < 1.29 is 9.69 Å². The van der Waals surface area contributed by atoms with Crippen LogP contribution in [0.4, 0.5) is 0 Å². The average molecular weight is 358 g/mol. The van der Waals surface area contributed by atoms with Crippen molar-refractivity contribution in [3.8, 4) is 0 Å².